The molecule has 0 radical (unpaired) electrons. The Morgan fingerprint density at radius 1 is 1.20 bits per heavy atom. The highest BCUT2D eigenvalue weighted by Gasteiger charge is 2.28. The van der Waals surface area contributed by atoms with Gasteiger partial charge >= 0.3 is 0 Å². The Bertz CT molecular complexity index is 1070. The fraction of sp³-hybridized carbons (Fsp3) is 0.263. The van der Waals surface area contributed by atoms with Crippen LogP contribution in [0.25, 0.3) is 0 Å². The lowest BCUT2D eigenvalue weighted by Crippen LogP contribution is -2.39. The van der Waals surface area contributed by atoms with Crippen LogP contribution in [0.1, 0.15) is 12.8 Å². The molecule has 7 nitrogen and oxygen atoms in total. The van der Waals surface area contributed by atoms with Gasteiger partial charge < -0.3 is 10.2 Å². The topological polar surface area (TPSA) is 105 Å². The lowest BCUT2D eigenvalue weighted by atomic mass is 9.91. The average molecular weight is 609 g/mol. The van der Waals surface area contributed by atoms with Crippen molar-refractivity contribution in [3.63, 3.8) is 0 Å². The summed E-state index contributed by atoms with van der Waals surface area (Å²) in [6, 6.07) is 10.8. The van der Waals surface area contributed by atoms with Gasteiger partial charge in [0.2, 0.25) is 15.8 Å². The fourth-order valence-electron chi connectivity index (χ4n) is 3.27. The standard InChI is InChI=1S/C19H19BrFIN4O3S/c20-16-11-13(1-6-17(16)21)24-19(25-22)18(27)12-7-9-26(10-8-12)14-2-4-15(5-3-14)30(23,28)29/h1-6,11-12H,7-10H2,(H,24,25)(H2,23,28,29). The Balaban J connectivity index is 1.61. The Morgan fingerprint density at radius 3 is 2.37 bits per heavy atom. The maximum atomic E-state index is 13.4. The number of ketones is 1. The number of carbonyl (C=O) groups excluding carboxylic acids is 1. The van der Waals surface area contributed by atoms with Gasteiger partial charge in [-0.15, -0.1) is 0 Å². The van der Waals surface area contributed by atoms with E-state index in [2.05, 4.69) is 29.4 Å². The van der Waals surface area contributed by atoms with E-state index in [4.69, 9.17) is 5.14 Å². The highest BCUT2D eigenvalue weighted by atomic mass is 127. The molecule has 2 aromatic rings. The molecule has 3 N–H and O–H groups in total. The van der Waals surface area contributed by atoms with Crippen molar-refractivity contribution in [2.75, 3.05) is 23.3 Å². The molecule has 1 fully saturated rings. The molecule has 0 unspecified atom stereocenters. The van der Waals surface area contributed by atoms with Crippen molar-refractivity contribution in [3.8, 4) is 0 Å². The van der Waals surface area contributed by atoms with Gasteiger partial charge in [-0.05, 0) is 71.2 Å². The second kappa shape index (κ2) is 9.71. The number of piperidine rings is 1. The van der Waals surface area contributed by atoms with Crippen molar-refractivity contribution in [2.45, 2.75) is 17.7 Å². The first-order chi connectivity index (χ1) is 14.2. The fourth-order valence-corrected chi connectivity index (χ4v) is 4.53. The van der Waals surface area contributed by atoms with Gasteiger partial charge in [-0.25, -0.2) is 17.9 Å². The Kier molecular flexibility index (Phi) is 7.47. The van der Waals surface area contributed by atoms with Crippen LogP contribution in [0.15, 0.2) is 55.0 Å². The second-order valence-electron chi connectivity index (χ2n) is 6.85. The van der Waals surface area contributed by atoms with E-state index < -0.39 is 10.0 Å². The van der Waals surface area contributed by atoms with E-state index in [0.717, 1.165) is 5.69 Å². The van der Waals surface area contributed by atoms with Crippen molar-refractivity contribution in [1.82, 2.24) is 0 Å². The molecule has 0 amide bonds. The van der Waals surface area contributed by atoms with Crippen LogP contribution >= 0.6 is 38.8 Å². The van der Waals surface area contributed by atoms with Gasteiger partial charge in [-0.1, -0.05) is 0 Å². The lowest BCUT2D eigenvalue weighted by Gasteiger charge is -2.33. The Morgan fingerprint density at radius 2 is 1.83 bits per heavy atom. The van der Waals surface area contributed by atoms with Gasteiger partial charge in [0.1, 0.15) is 5.82 Å². The summed E-state index contributed by atoms with van der Waals surface area (Å²) in [5.74, 6) is -0.432. The molecule has 0 spiro atoms. The number of anilines is 2. The minimum atomic E-state index is -3.72. The maximum absolute atomic E-state index is 13.4. The third-order valence-corrected chi connectivity index (χ3v) is 6.92. The first-order valence-electron chi connectivity index (χ1n) is 9.02. The summed E-state index contributed by atoms with van der Waals surface area (Å²) >= 11 is 4.90. The second-order valence-corrected chi connectivity index (χ2v) is 9.75. The molecule has 0 atom stereocenters. The average Bonchev–Trinajstić information content (AvgIpc) is 2.73. The van der Waals surface area contributed by atoms with Crippen LogP contribution in [0.3, 0.4) is 0 Å². The zero-order chi connectivity index (χ0) is 21.9. The predicted octanol–water partition coefficient (Wildman–Crippen LogP) is 3.88. The molecule has 160 valence electrons. The number of Topliss-reactive ketones (excluding diaryl/α,β-unsaturated/α-hetero) is 1. The van der Waals surface area contributed by atoms with Crippen LogP contribution in [-0.2, 0) is 14.8 Å². The molecule has 0 bridgehead atoms. The van der Waals surface area contributed by atoms with Crippen LogP contribution in [0.2, 0.25) is 0 Å². The zero-order valence-electron chi connectivity index (χ0n) is 15.7. The summed E-state index contributed by atoms with van der Waals surface area (Å²) in [5, 5.41) is 8.10. The van der Waals surface area contributed by atoms with Crippen molar-refractivity contribution < 1.29 is 17.6 Å². The van der Waals surface area contributed by atoms with Gasteiger partial charge in [-0.2, -0.15) is 3.21 Å². The van der Waals surface area contributed by atoms with Crippen molar-refractivity contribution in [3.05, 3.63) is 52.8 Å². The number of amidine groups is 1. The summed E-state index contributed by atoms with van der Waals surface area (Å²) in [4.78, 5) is 15.1. The number of nitrogens with one attached hydrogen (secondary N) is 1. The van der Waals surface area contributed by atoms with Gasteiger partial charge in [0, 0.05) is 30.4 Å². The monoisotopic (exact) mass is 608 g/mol. The number of hydrogen-bond donors (Lipinski definition) is 2. The third kappa shape index (κ3) is 5.56. The number of halogens is 3. The van der Waals surface area contributed by atoms with Crippen molar-refractivity contribution in [2.24, 2.45) is 14.3 Å². The van der Waals surface area contributed by atoms with E-state index in [0.29, 0.717) is 36.1 Å². The molecule has 2 aromatic carbocycles. The van der Waals surface area contributed by atoms with Crippen molar-refractivity contribution >= 4 is 71.8 Å². The number of nitrogens with zero attached hydrogens (tertiary/aromatic N) is 2. The predicted molar refractivity (Wildman–Crippen MR) is 127 cm³/mol. The number of hydrogen-bond acceptors (Lipinski definition) is 5. The van der Waals surface area contributed by atoms with Crippen LogP contribution in [0.4, 0.5) is 15.8 Å². The summed E-state index contributed by atoms with van der Waals surface area (Å²) in [6.07, 6.45) is 1.28. The number of sulfonamides is 1. The number of rotatable bonds is 5. The molecule has 1 aliphatic rings. The Hall–Kier alpha value is -1.57. The Labute approximate surface area is 196 Å². The molecule has 1 heterocycles. The molecule has 30 heavy (non-hydrogen) atoms. The van der Waals surface area contributed by atoms with E-state index in [9.17, 15) is 17.6 Å². The summed E-state index contributed by atoms with van der Waals surface area (Å²) in [7, 11) is -3.72. The van der Waals surface area contributed by atoms with E-state index in [-0.39, 0.29) is 28.2 Å². The first-order valence-corrected chi connectivity index (χ1v) is 12.3. The van der Waals surface area contributed by atoms with E-state index >= 15 is 0 Å². The van der Waals surface area contributed by atoms with Crippen LogP contribution < -0.4 is 15.4 Å². The minimum absolute atomic E-state index is 0.0673. The van der Waals surface area contributed by atoms with E-state index in [1.54, 1.807) is 47.1 Å². The molecule has 11 heteroatoms. The van der Waals surface area contributed by atoms with Crippen LogP contribution in [-0.4, -0.2) is 33.1 Å². The SMILES string of the molecule is NS(=O)(=O)c1ccc(N2CCC(C(=O)/C(=N/I)Nc3ccc(F)c(Br)c3)CC2)cc1. The molecule has 0 aliphatic carbocycles. The van der Waals surface area contributed by atoms with E-state index in [1.807, 2.05) is 0 Å². The normalized spacial score (nSPS) is 15.9. The minimum Gasteiger partial charge on any atom is -0.371 e. The summed E-state index contributed by atoms with van der Waals surface area (Å²) < 4.78 is 40.5. The van der Waals surface area contributed by atoms with Gasteiger partial charge in [-0.3, -0.25) is 4.79 Å². The van der Waals surface area contributed by atoms with Gasteiger partial charge in [0.25, 0.3) is 0 Å². The number of benzene rings is 2. The quantitative estimate of drug-likeness (QED) is 0.305. The highest BCUT2D eigenvalue weighted by molar-refractivity contribution is 14.1. The molecule has 0 aromatic heterocycles. The molecular weight excluding hydrogens is 590 g/mol. The van der Waals surface area contributed by atoms with Gasteiger partial charge in [0.05, 0.1) is 32.2 Å². The van der Waals surface area contributed by atoms with Gasteiger partial charge in [0.15, 0.2) is 5.84 Å². The smallest absolute Gasteiger partial charge is 0.238 e. The molecule has 1 saturated heterocycles. The van der Waals surface area contributed by atoms with Crippen molar-refractivity contribution in [1.29, 1.82) is 0 Å². The zero-order valence-corrected chi connectivity index (χ0v) is 20.2. The number of nitrogens with two attached hydrogens (primary N) is 1. The van der Waals surface area contributed by atoms with E-state index in [1.165, 1.54) is 18.2 Å². The first kappa shape index (κ1) is 23.1. The lowest BCUT2D eigenvalue weighted by molar-refractivity contribution is -0.116. The number of primary sulfonamides is 1. The molecule has 0 saturated carbocycles. The molecule has 3 rings (SSSR count). The van der Waals surface area contributed by atoms with Crippen LogP contribution in [0, 0.1) is 11.7 Å². The highest BCUT2D eigenvalue weighted by Crippen LogP contribution is 2.26. The van der Waals surface area contributed by atoms with Crippen LogP contribution in [0.5, 0.6) is 0 Å². The maximum Gasteiger partial charge on any atom is 0.238 e. The third-order valence-electron chi connectivity index (χ3n) is 4.90. The largest absolute Gasteiger partial charge is 0.371 e. The molecule has 1 aliphatic heterocycles. The summed E-state index contributed by atoms with van der Waals surface area (Å²) in [5.41, 5.74) is 1.45. The molecular formula is C19H19BrFIN4O3S. The number of carbonyl (C=O) groups is 1. The summed E-state index contributed by atoms with van der Waals surface area (Å²) in [6.45, 7) is 1.31.